The smallest absolute Gasteiger partial charge is 0.412 e. The lowest BCUT2D eigenvalue weighted by atomic mass is 9.84. The van der Waals surface area contributed by atoms with E-state index in [-0.39, 0.29) is 6.04 Å². The minimum Gasteiger partial charge on any atom is -0.493 e. The molecular formula is C32H38IN3O5. The molecule has 8 nitrogen and oxygen atoms in total. The molecule has 2 N–H and O–H groups in total. The van der Waals surface area contributed by atoms with Gasteiger partial charge in [0.2, 0.25) is 0 Å². The van der Waals surface area contributed by atoms with Crippen LogP contribution in [-0.4, -0.2) is 41.5 Å². The van der Waals surface area contributed by atoms with Crippen molar-refractivity contribution in [2.75, 3.05) is 33.6 Å². The Bertz CT molecular complexity index is 1410. The van der Waals surface area contributed by atoms with E-state index >= 15 is 0 Å². The maximum absolute atomic E-state index is 12.5. The molecule has 1 unspecified atom stereocenters. The number of nitrogens with zero attached hydrogens (tertiary/aromatic N) is 1. The number of hydrogen-bond donors (Lipinski definition) is 2. The highest BCUT2D eigenvalue weighted by Gasteiger charge is 2.31. The molecule has 0 bridgehead atoms. The number of rotatable bonds is 6. The van der Waals surface area contributed by atoms with Gasteiger partial charge in [0.25, 0.3) is 0 Å². The first-order valence-electron chi connectivity index (χ1n) is 13.5. The van der Waals surface area contributed by atoms with Gasteiger partial charge in [0.15, 0.2) is 0 Å². The normalized spacial score (nSPS) is 14.4. The van der Waals surface area contributed by atoms with Crippen molar-refractivity contribution in [2.24, 2.45) is 0 Å². The van der Waals surface area contributed by atoms with Crippen LogP contribution in [0.2, 0.25) is 0 Å². The zero-order valence-electron chi connectivity index (χ0n) is 24.6. The Kier molecular flexibility index (Phi) is 9.06. The van der Waals surface area contributed by atoms with Crippen LogP contribution >= 0.6 is 22.6 Å². The van der Waals surface area contributed by atoms with Gasteiger partial charge in [0.05, 0.1) is 12.6 Å². The maximum Gasteiger partial charge on any atom is 0.412 e. The molecular weight excluding hydrogens is 633 g/mol. The van der Waals surface area contributed by atoms with Crippen LogP contribution in [0, 0.1) is 0 Å². The molecule has 0 fully saturated rings. The molecule has 1 atom stereocenters. The zero-order valence-corrected chi connectivity index (χ0v) is 26.8. The number of ether oxygens (including phenoxy) is 3. The van der Waals surface area contributed by atoms with Crippen LogP contribution in [-0.2, 0) is 9.47 Å². The Labute approximate surface area is 255 Å². The van der Waals surface area contributed by atoms with Crippen molar-refractivity contribution >= 4 is 51.8 Å². The summed E-state index contributed by atoms with van der Waals surface area (Å²) in [5.41, 5.74) is 5.16. The van der Waals surface area contributed by atoms with E-state index in [0.717, 1.165) is 38.1 Å². The van der Waals surface area contributed by atoms with Crippen molar-refractivity contribution in [3.05, 3.63) is 71.8 Å². The standard InChI is InChI=1S/C32H38IN3O5/c1-31(2,3)40-29(37)34-21-10-14-24-25-15-11-22(35-30(38)41-32(4,5)6)19-27(25)36(7)28(26(24)18-21)20-8-12-23(13-9-20)39-17-16-33/h8-15,18-19,28H,16-17H2,1-7H3,(H,34,37)(H,35,38). The number of benzene rings is 3. The summed E-state index contributed by atoms with van der Waals surface area (Å²) in [5.74, 6) is 0.814. The van der Waals surface area contributed by atoms with E-state index in [1.54, 1.807) is 0 Å². The first-order valence-corrected chi connectivity index (χ1v) is 15.1. The third kappa shape index (κ3) is 7.84. The Morgan fingerprint density at radius 1 is 0.805 bits per heavy atom. The average molecular weight is 672 g/mol. The summed E-state index contributed by atoms with van der Waals surface area (Å²) in [7, 11) is 2.03. The van der Waals surface area contributed by atoms with Gasteiger partial charge in [-0.15, -0.1) is 0 Å². The van der Waals surface area contributed by atoms with Crippen LogP contribution in [0.15, 0.2) is 60.7 Å². The highest BCUT2D eigenvalue weighted by atomic mass is 127. The molecule has 0 saturated heterocycles. The second kappa shape index (κ2) is 12.2. The number of nitrogens with one attached hydrogen (secondary N) is 2. The van der Waals surface area contributed by atoms with Gasteiger partial charge in [0.1, 0.15) is 17.0 Å². The Hall–Kier alpha value is -3.47. The van der Waals surface area contributed by atoms with Gasteiger partial charge >= 0.3 is 12.2 Å². The molecule has 218 valence electrons. The SMILES string of the molecule is CN1c2cc(NC(=O)OC(C)(C)C)ccc2-c2ccc(NC(=O)OC(C)(C)C)cc2C1c1ccc(OCCI)cc1. The van der Waals surface area contributed by atoms with Crippen molar-refractivity contribution in [2.45, 2.75) is 58.8 Å². The lowest BCUT2D eigenvalue weighted by molar-refractivity contribution is 0.0624. The quantitative estimate of drug-likeness (QED) is 0.202. The summed E-state index contributed by atoms with van der Waals surface area (Å²) in [5, 5.41) is 5.74. The molecule has 1 heterocycles. The fraction of sp³-hybridized carbons (Fsp3) is 0.375. The van der Waals surface area contributed by atoms with Crippen LogP contribution in [0.3, 0.4) is 0 Å². The van der Waals surface area contributed by atoms with Crippen LogP contribution < -0.4 is 20.3 Å². The fourth-order valence-corrected chi connectivity index (χ4v) is 4.96. The summed E-state index contributed by atoms with van der Waals surface area (Å²) in [6.45, 7) is 11.6. The fourth-order valence-electron chi connectivity index (χ4n) is 4.74. The van der Waals surface area contributed by atoms with Gasteiger partial charge in [-0.25, -0.2) is 9.59 Å². The minimum atomic E-state index is -0.605. The van der Waals surface area contributed by atoms with E-state index in [9.17, 15) is 9.59 Å². The molecule has 0 radical (unpaired) electrons. The highest BCUT2D eigenvalue weighted by Crippen LogP contribution is 2.48. The van der Waals surface area contributed by atoms with E-state index in [1.165, 1.54) is 0 Å². The summed E-state index contributed by atoms with van der Waals surface area (Å²) in [6, 6.07) is 19.6. The Balaban J connectivity index is 1.74. The molecule has 0 saturated carbocycles. The second-order valence-electron chi connectivity index (χ2n) is 11.9. The number of hydrogen-bond acceptors (Lipinski definition) is 6. The molecule has 41 heavy (non-hydrogen) atoms. The van der Waals surface area contributed by atoms with Crippen LogP contribution in [0.1, 0.15) is 58.7 Å². The molecule has 0 aromatic heterocycles. The monoisotopic (exact) mass is 671 g/mol. The third-order valence-electron chi connectivity index (χ3n) is 6.23. The lowest BCUT2D eigenvalue weighted by Crippen LogP contribution is -2.30. The Morgan fingerprint density at radius 3 is 1.88 bits per heavy atom. The predicted molar refractivity (Wildman–Crippen MR) is 173 cm³/mol. The van der Waals surface area contributed by atoms with Crippen molar-refractivity contribution in [1.29, 1.82) is 0 Å². The molecule has 2 amide bonds. The molecule has 1 aliphatic heterocycles. The molecule has 0 spiro atoms. The maximum atomic E-state index is 12.5. The predicted octanol–water partition coefficient (Wildman–Crippen LogP) is 8.40. The van der Waals surface area contributed by atoms with E-state index in [4.69, 9.17) is 14.2 Å². The first-order chi connectivity index (χ1) is 19.2. The zero-order chi connectivity index (χ0) is 29.9. The van der Waals surface area contributed by atoms with E-state index < -0.39 is 23.4 Å². The lowest BCUT2D eigenvalue weighted by Gasteiger charge is -2.38. The largest absolute Gasteiger partial charge is 0.493 e. The second-order valence-corrected chi connectivity index (χ2v) is 13.0. The molecule has 3 aromatic rings. The van der Waals surface area contributed by atoms with Crippen LogP contribution in [0.25, 0.3) is 11.1 Å². The molecule has 9 heteroatoms. The summed E-state index contributed by atoms with van der Waals surface area (Å²) in [4.78, 5) is 27.2. The van der Waals surface area contributed by atoms with Gasteiger partial charge < -0.3 is 19.1 Å². The third-order valence-corrected chi connectivity index (χ3v) is 6.67. The van der Waals surface area contributed by atoms with Crippen LogP contribution in [0.4, 0.5) is 26.7 Å². The number of anilines is 3. The van der Waals surface area contributed by atoms with E-state index in [2.05, 4.69) is 50.3 Å². The highest BCUT2D eigenvalue weighted by molar-refractivity contribution is 14.1. The summed E-state index contributed by atoms with van der Waals surface area (Å²) >= 11 is 2.29. The minimum absolute atomic E-state index is 0.173. The van der Waals surface area contributed by atoms with Crippen molar-refractivity contribution < 1.29 is 23.8 Å². The van der Waals surface area contributed by atoms with Gasteiger partial charge in [-0.2, -0.15) is 0 Å². The molecule has 0 aliphatic carbocycles. The van der Waals surface area contributed by atoms with E-state index in [1.807, 2.05) is 97.1 Å². The van der Waals surface area contributed by atoms with Gasteiger partial charge in [-0.1, -0.05) is 46.9 Å². The van der Waals surface area contributed by atoms with Crippen LogP contribution in [0.5, 0.6) is 5.75 Å². The number of fused-ring (bicyclic) bond motifs is 3. The average Bonchev–Trinajstić information content (AvgIpc) is 2.86. The van der Waals surface area contributed by atoms with Gasteiger partial charge in [0, 0.05) is 34.1 Å². The van der Waals surface area contributed by atoms with Crippen molar-refractivity contribution in [3.8, 4) is 16.9 Å². The molecule has 1 aliphatic rings. The van der Waals surface area contributed by atoms with Gasteiger partial charge in [-0.05, 0) is 94.6 Å². The first kappa shape index (κ1) is 30.5. The van der Waals surface area contributed by atoms with E-state index in [0.29, 0.717) is 18.0 Å². The molecule has 4 rings (SSSR count). The number of amides is 2. The van der Waals surface area contributed by atoms with Crippen molar-refractivity contribution in [1.82, 2.24) is 0 Å². The van der Waals surface area contributed by atoms with Gasteiger partial charge in [-0.3, -0.25) is 10.6 Å². The molecule has 3 aromatic carbocycles. The van der Waals surface area contributed by atoms with Crippen molar-refractivity contribution in [3.63, 3.8) is 0 Å². The summed E-state index contributed by atoms with van der Waals surface area (Å²) < 4.78 is 17.6. The number of alkyl halides is 1. The Morgan fingerprint density at radius 2 is 1.34 bits per heavy atom. The number of carbonyl (C=O) groups excluding carboxylic acids is 2. The number of carbonyl (C=O) groups is 2. The topological polar surface area (TPSA) is 89.1 Å². The number of halogens is 1. The summed E-state index contributed by atoms with van der Waals surface area (Å²) in [6.07, 6.45) is -1.01.